The van der Waals surface area contributed by atoms with Crippen LogP contribution in [0.25, 0.3) is 0 Å². The zero-order valence-electron chi connectivity index (χ0n) is 17.3. The number of nitrogens with zero attached hydrogens (tertiary/aromatic N) is 2. The highest BCUT2D eigenvalue weighted by atomic mass is 32.2. The first-order chi connectivity index (χ1) is 15.6. The number of hydrogen-bond donors (Lipinski definition) is 3. The maximum absolute atomic E-state index is 13.2. The molecule has 1 aromatic heterocycles. The van der Waals surface area contributed by atoms with Crippen molar-refractivity contribution in [3.05, 3.63) is 64.9 Å². The Kier molecular flexibility index (Phi) is 5.58. The molecule has 2 saturated heterocycles. The third kappa shape index (κ3) is 3.51. The Labute approximate surface area is 188 Å². The summed E-state index contributed by atoms with van der Waals surface area (Å²) in [5.74, 6) is -2.52. The van der Waals surface area contributed by atoms with E-state index in [0.717, 1.165) is 15.3 Å². The van der Waals surface area contributed by atoms with Gasteiger partial charge >= 0.3 is 0 Å². The molecule has 12 heteroatoms. The molecule has 173 valence electrons. The minimum atomic E-state index is -4.45. The highest BCUT2D eigenvalue weighted by Crippen LogP contribution is 2.42. The quantitative estimate of drug-likeness (QED) is 0.448. The van der Waals surface area contributed by atoms with Crippen molar-refractivity contribution < 1.29 is 27.9 Å². The lowest BCUT2D eigenvalue weighted by Crippen LogP contribution is -2.64. The fraction of sp³-hybridized carbons (Fsp3) is 0.286. The highest BCUT2D eigenvalue weighted by Gasteiger charge is 2.68. The van der Waals surface area contributed by atoms with Crippen LogP contribution >= 0.6 is 0 Å². The number of nitrogens with two attached hydrogens (primary N) is 1. The van der Waals surface area contributed by atoms with Crippen molar-refractivity contribution in [1.82, 2.24) is 14.2 Å². The number of carbonyl (C=O) groups is 3. The van der Waals surface area contributed by atoms with Crippen molar-refractivity contribution in [2.75, 3.05) is 13.1 Å². The maximum atomic E-state index is 13.2. The largest absolute Gasteiger partial charge is 0.508 e. The summed E-state index contributed by atoms with van der Waals surface area (Å²) in [6, 6.07) is 7.35. The van der Waals surface area contributed by atoms with Gasteiger partial charge in [0, 0.05) is 12.7 Å². The van der Waals surface area contributed by atoms with Crippen LogP contribution in [-0.4, -0.2) is 70.0 Å². The van der Waals surface area contributed by atoms with Crippen LogP contribution < -0.4 is 11.3 Å². The van der Waals surface area contributed by atoms with Gasteiger partial charge in [-0.15, -0.1) is 0 Å². The van der Waals surface area contributed by atoms with Gasteiger partial charge in [-0.25, -0.2) is 8.42 Å². The highest BCUT2D eigenvalue weighted by molar-refractivity contribution is 7.89. The van der Waals surface area contributed by atoms with Crippen molar-refractivity contribution in [3.8, 4) is 5.75 Å². The van der Waals surface area contributed by atoms with Crippen LogP contribution in [0, 0.1) is 6.42 Å². The molecule has 2 amide bonds. The molecule has 2 aromatic rings. The fourth-order valence-corrected chi connectivity index (χ4v) is 6.21. The molecule has 0 aliphatic carbocycles. The number of fused-ring (bicyclic) bond motifs is 1. The smallest absolute Gasteiger partial charge is 0.268 e. The maximum Gasteiger partial charge on any atom is 0.268 e. The van der Waals surface area contributed by atoms with Gasteiger partial charge in [0.1, 0.15) is 10.6 Å². The average molecular weight is 473 g/mol. The monoisotopic (exact) mass is 473 g/mol. The lowest BCUT2D eigenvalue weighted by Gasteiger charge is -2.34. The number of aromatic nitrogens is 1. The number of likely N-dealkylation sites (tertiary alicyclic amines) is 1. The van der Waals surface area contributed by atoms with E-state index in [1.807, 2.05) is 0 Å². The van der Waals surface area contributed by atoms with E-state index >= 15 is 0 Å². The number of phenolic OH excluding ortho intramolecular Hbond substituents is 1. The molecule has 2 aliphatic heterocycles. The predicted octanol–water partition coefficient (Wildman–Crippen LogP) is -1.07. The molecular formula is C21H21N4O7S. The summed E-state index contributed by atoms with van der Waals surface area (Å²) in [6.07, 6.45) is 2.69. The summed E-state index contributed by atoms with van der Waals surface area (Å²) in [7, 11) is -4.45. The molecule has 11 nitrogen and oxygen atoms in total. The van der Waals surface area contributed by atoms with E-state index in [2.05, 4.69) is 4.98 Å². The van der Waals surface area contributed by atoms with E-state index in [4.69, 9.17) is 5.73 Å². The molecular weight excluding hydrogens is 452 g/mol. The van der Waals surface area contributed by atoms with Crippen LogP contribution in [0.15, 0.2) is 52.3 Å². The number of nitrogens with one attached hydrogen (secondary N) is 1. The number of carbonyl (C=O) groups excluding carboxylic acids is 3. The van der Waals surface area contributed by atoms with Crippen LogP contribution in [0.2, 0.25) is 0 Å². The number of ketones is 1. The summed E-state index contributed by atoms with van der Waals surface area (Å²) >= 11 is 0. The Balaban J connectivity index is 1.64. The number of benzene rings is 1. The Bertz CT molecular complexity index is 1290. The number of primary amides is 1. The van der Waals surface area contributed by atoms with E-state index in [-0.39, 0.29) is 25.1 Å². The lowest BCUT2D eigenvalue weighted by molar-refractivity contribution is -0.147. The van der Waals surface area contributed by atoms with E-state index in [9.17, 15) is 32.7 Å². The van der Waals surface area contributed by atoms with Gasteiger partial charge in [-0.3, -0.25) is 19.2 Å². The van der Waals surface area contributed by atoms with Crippen LogP contribution in [0.5, 0.6) is 5.75 Å². The van der Waals surface area contributed by atoms with Crippen molar-refractivity contribution in [1.29, 1.82) is 0 Å². The molecule has 2 atom stereocenters. The van der Waals surface area contributed by atoms with E-state index < -0.39 is 56.2 Å². The number of hydrogen-bond acceptors (Lipinski definition) is 7. The molecule has 0 spiro atoms. The number of rotatable bonds is 6. The van der Waals surface area contributed by atoms with Crippen LogP contribution in [0.4, 0.5) is 0 Å². The molecule has 2 fully saturated rings. The summed E-state index contributed by atoms with van der Waals surface area (Å²) in [4.78, 5) is 53.5. The van der Waals surface area contributed by atoms with E-state index in [1.54, 1.807) is 12.1 Å². The minimum Gasteiger partial charge on any atom is -0.508 e. The van der Waals surface area contributed by atoms with Crippen molar-refractivity contribution in [3.63, 3.8) is 0 Å². The Morgan fingerprint density at radius 3 is 2.55 bits per heavy atom. The molecule has 4 rings (SSSR count). The van der Waals surface area contributed by atoms with Crippen molar-refractivity contribution in [2.24, 2.45) is 5.73 Å². The van der Waals surface area contributed by atoms with E-state index in [0.29, 0.717) is 5.56 Å². The number of sulfonamides is 1. The molecule has 1 radical (unpaired) electrons. The summed E-state index contributed by atoms with van der Waals surface area (Å²) in [5.41, 5.74) is 3.29. The number of phenols is 1. The zero-order chi connectivity index (χ0) is 24.0. The molecule has 0 bridgehead atoms. The standard InChI is InChI=1S/C21H21N4O7S/c22-20(30)21-16(9-11-24(21)18(28)8-5-13-3-6-14(26)7-4-13)25(12-17(21)27)33(31,32)15-2-1-10-23-19(15)29/h1-4,6-8,10,16,26H,5,9,11-12H2,(H2,22,30)(H,23,29). The van der Waals surface area contributed by atoms with Gasteiger partial charge in [0.05, 0.1) is 19.0 Å². The van der Waals surface area contributed by atoms with Crippen LogP contribution in [0.1, 0.15) is 12.0 Å². The van der Waals surface area contributed by atoms with Crippen LogP contribution in [-0.2, 0) is 30.8 Å². The summed E-state index contributed by atoms with van der Waals surface area (Å²) in [6.45, 7) is -0.757. The molecule has 33 heavy (non-hydrogen) atoms. The molecule has 3 heterocycles. The van der Waals surface area contributed by atoms with Gasteiger partial charge in [0.25, 0.3) is 11.5 Å². The normalized spacial score (nSPS) is 23.0. The van der Waals surface area contributed by atoms with Gasteiger partial charge < -0.3 is 20.7 Å². The number of H-pyrrole nitrogens is 1. The average Bonchev–Trinajstić information content (AvgIpc) is 3.31. The molecule has 2 unspecified atom stereocenters. The van der Waals surface area contributed by atoms with E-state index in [1.165, 1.54) is 30.8 Å². The lowest BCUT2D eigenvalue weighted by atomic mass is 9.89. The fourth-order valence-electron chi connectivity index (χ4n) is 4.53. The van der Waals surface area contributed by atoms with Gasteiger partial charge in [-0.2, -0.15) is 4.31 Å². The van der Waals surface area contributed by atoms with Gasteiger partial charge in [-0.1, -0.05) is 12.1 Å². The second kappa shape index (κ2) is 8.12. The number of pyridine rings is 1. The number of aromatic amines is 1. The predicted molar refractivity (Wildman–Crippen MR) is 114 cm³/mol. The Hall–Kier alpha value is -3.51. The first-order valence-electron chi connectivity index (χ1n) is 10.1. The van der Waals surface area contributed by atoms with Gasteiger partial charge in [0.2, 0.25) is 15.9 Å². The third-order valence-electron chi connectivity index (χ3n) is 6.07. The van der Waals surface area contributed by atoms with Crippen molar-refractivity contribution >= 4 is 27.6 Å². The Morgan fingerprint density at radius 1 is 1.21 bits per heavy atom. The second-order valence-corrected chi connectivity index (χ2v) is 9.70. The Morgan fingerprint density at radius 2 is 1.91 bits per heavy atom. The SMILES string of the molecule is NC(=O)C12C(=O)CN(S(=O)(=O)c3ccc[nH]c3=O)C1CCN2C(=O)[CH]Cc1ccc(O)cc1. The minimum absolute atomic E-state index is 0.00254. The molecule has 4 N–H and O–H groups in total. The summed E-state index contributed by atoms with van der Waals surface area (Å²) < 4.78 is 27.2. The number of aromatic hydroxyl groups is 1. The molecule has 1 aromatic carbocycles. The van der Waals surface area contributed by atoms with Crippen LogP contribution in [0.3, 0.4) is 0 Å². The molecule has 0 saturated carbocycles. The number of amides is 2. The first kappa shape index (κ1) is 22.7. The first-order valence-corrected chi connectivity index (χ1v) is 11.5. The van der Waals surface area contributed by atoms with Crippen molar-refractivity contribution in [2.45, 2.75) is 29.3 Å². The van der Waals surface area contributed by atoms with Gasteiger partial charge in [-0.05, 0) is 42.7 Å². The van der Waals surface area contributed by atoms with Gasteiger partial charge in [0.15, 0.2) is 11.3 Å². The second-order valence-electron chi connectivity index (χ2n) is 7.84. The molecule has 2 aliphatic rings. The third-order valence-corrected chi connectivity index (χ3v) is 7.94. The zero-order valence-corrected chi connectivity index (χ0v) is 18.1. The summed E-state index contributed by atoms with van der Waals surface area (Å²) in [5, 5.41) is 9.37. The topological polar surface area (TPSA) is 171 Å². The number of Topliss-reactive ketones (excluding diaryl/α,β-unsaturated/α-hetero) is 1.